The zero-order chi connectivity index (χ0) is 15.7. The van der Waals surface area contributed by atoms with Gasteiger partial charge in [-0.05, 0) is 12.8 Å². The van der Waals surface area contributed by atoms with Crippen molar-refractivity contribution in [3.05, 3.63) is 11.9 Å². The molecule has 1 amide bonds. The number of anilines is 2. The molecule has 0 aromatic carbocycles. The van der Waals surface area contributed by atoms with Crippen LogP contribution in [-0.4, -0.2) is 48.0 Å². The van der Waals surface area contributed by atoms with E-state index in [4.69, 9.17) is 0 Å². The first kappa shape index (κ1) is 17.2. The summed E-state index contributed by atoms with van der Waals surface area (Å²) < 4.78 is 0. The summed E-state index contributed by atoms with van der Waals surface area (Å²) in [6.07, 6.45) is 3.37. The van der Waals surface area contributed by atoms with Crippen LogP contribution in [0.25, 0.3) is 0 Å². The Bertz CT molecular complexity index is 448. The summed E-state index contributed by atoms with van der Waals surface area (Å²) in [5.74, 6) is 2.56. The molecular weight excluding hydrogens is 266 g/mol. The molecule has 1 aromatic rings. The molecule has 0 unspecified atom stereocenters. The standard InChI is InChI=1S/C15H27N5O/c1-5-7-12-18-13(16-9-6-2)11-14(19-12)17-10-8-15(21)20(3)4/h11H,5-10H2,1-4H3,(H2,16,17,18,19). The Balaban J connectivity index is 2.66. The summed E-state index contributed by atoms with van der Waals surface area (Å²) in [4.78, 5) is 22.1. The predicted molar refractivity (Wildman–Crippen MR) is 86.6 cm³/mol. The molecule has 0 saturated carbocycles. The second-order valence-corrected chi connectivity index (χ2v) is 5.20. The summed E-state index contributed by atoms with van der Waals surface area (Å²) in [7, 11) is 3.53. The lowest BCUT2D eigenvalue weighted by Crippen LogP contribution is -2.24. The highest BCUT2D eigenvalue weighted by atomic mass is 16.2. The Labute approximate surface area is 127 Å². The highest BCUT2D eigenvalue weighted by Gasteiger charge is 2.06. The molecule has 0 fully saturated rings. The predicted octanol–water partition coefficient (Wildman–Crippen LogP) is 2.14. The molecule has 0 radical (unpaired) electrons. The zero-order valence-corrected chi connectivity index (χ0v) is 13.6. The van der Waals surface area contributed by atoms with Gasteiger partial charge in [0.25, 0.3) is 0 Å². The van der Waals surface area contributed by atoms with E-state index >= 15 is 0 Å². The maximum Gasteiger partial charge on any atom is 0.223 e. The Morgan fingerprint density at radius 1 is 1.10 bits per heavy atom. The maximum absolute atomic E-state index is 11.6. The Hall–Kier alpha value is -1.85. The van der Waals surface area contributed by atoms with Crippen molar-refractivity contribution in [1.82, 2.24) is 14.9 Å². The summed E-state index contributed by atoms with van der Waals surface area (Å²) in [5.41, 5.74) is 0. The van der Waals surface area contributed by atoms with Crippen LogP contribution in [0.1, 0.15) is 38.9 Å². The van der Waals surface area contributed by atoms with Crippen LogP contribution in [0.4, 0.5) is 11.6 Å². The highest BCUT2D eigenvalue weighted by molar-refractivity contribution is 5.76. The molecule has 118 valence electrons. The van der Waals surface area contributed by atoms with Crippen molar-refractivity contribution >= 4 is 17.5 Å². The topological polar surface area (TPSA) is 70.2 Å². The van der Waals surface area contributed by atoms with Gasteiger partial charge in [-0.1, -0.05) is 13.8 Å². The van der Waals surface area contributed by atoms with Crippen molar-refractivity contribution < 1.29 is 4.79 Å². The molecule has 1 heterocycles. The maximum atomic E-state index is 11.6. The fourth-order valence-electron chi connectivity index (χ4n) is 1.79. The van der Waals surface area contributed by atoms with Gasteiger partial charge in [0.15, 0.2) is 0 Å². The van der Waals surface area contributed by atoms with Crippen LogP contribution < -0.4 is 10.6 Å². The van der Waals surface area contributed by atoms with E-state index in [-0.39, 0.29) is 5.91 Å². The van der Waals surface area contributed by atoms with Gasteiger partial charge in [-0.25, -0.2) is 9.97 Å². The van der Waals surface area contributed by atoms with E-state index in [2.05, 4.69) is 34.4 Å². The van der Waals surface area contributed by atoms with Gasteiger partial charge in [0, 0.05) is 46.1 Å². The van der Waals surface area contributed by atoms with Gasteiger partial charge in [0.05, 0.1) is 0 Å². The number of rotatable bonds is 9. The summed E-state index contributed by atoms with van der Waals surface area (Å²) in [6, 6.07) is 1.90. The average molecular weight is 293 g/mol. The van der Waals surface area contributed by atoms with Crippen LogP contribution in [0.5, 0.6) is 0 Å². The summed E-state index contributed by atoms with van der Waals surface area (Å²) in [5, 5.41) is 6.49. The van der Waals surface area contributed by atoms with E-state index in [0.29, 0.717) is 13.0 Å². The van der Waals surface area contributed by atoms with Crippen LogP contribution in [0, 0.1) is 0 Å². The third-order valence-corrected chi connectivity index (χ3v) is 2.95. The van der Waals surface area contributed by atoms with Gasteiger partial charge in [-0.3, -0.25) is 4.79 Å². The zero-order valence-electron chi connectivity index (χ0n) is 13.6. The third kappa shape index (κ3) is 6.42. The van der Waals surface area contributed by atoms with E-state index in [1.165, 1.54) is 0 Å². The van der Waals surface area contributed by atoms with Crippen molar-refractivity contribution in [2.75, 3.05) is 37.8 Å². The van der Waals surface area contributed by atoms with Gasteiger partial charge >= 0.3 is 0 Å². The number of aryl methyl sites for hydroxylation is 1. The van der Waals surface area contributed by atoms with Crippen LogP contribution in [0.2, 0.25) is 0 Å². The first-order valence-electron chi connectivity index (χ1n) is 7.62. The van der Waals surface area contributed by atoms with Gasteiger partial charge in [-0.15, -0.1) is 0 Å². The highest BCUT2D eigenvalue weighted by Crippen LogP contribution is 2.12. The number of nitrogens with zero attached hydrogens (tertiary/aromatic N) is 3. The Morgan fingerprint density at radius 3 is 2.24 bits per heavy atom. The first-order chi connectivity index (χ1) is 10.1. The minimum absolute atomic E-state index is 0.106. The summed E-state index contributed by atoms with van der Waals surface area (Å²) >= 11 is 0. The molecule has 6 nitrogen and oxygen atoms in total. The lowest BCUT2D eigenvalue weighted by atomic mass is 10.3. The fourth-order valence-corrected chi connectivity index (χ4v) is 1.79. The molecule has 1 aromatic heterocycles. The molecule has 0 spiro atoms. The smallest absolute Gasteiger partial charge is 0.223 e. The average Bonchev–Trinajstić information content (AvgIpc) is 2.45. The number of amides is 1. The van der Waals surface area contributed by atoms with Crippen molar-refractivity contribution in [3.63, 3.8) is 0 Å². The summed E-state index contributed by atoms with van der Waals surface area (Å²) in [6.45, 7) is 5.69. The minimum atomic E-state index is 0.106. The Morgan fingerprint density at radius 2 is 1.71 bits per heavy atom. The van der Waals surface area contributed by atoms with Crippen LogP contribution in [0.3, 0.4) is 0 Å². The van der Waals surface area contributed by atoms with Gasteiger partial charge in [0.1, 0.15) is 17.5 Å². The molecule has 2 N–H and O–H groups in total. The third-order valence-electron chi connectivity index (χ3n) is 2.95. The molecule has 21 heavy (non-hydrogen) atoms. The monoisotopic (exact) mass is 293 g/mol. The number of hydrogen-bond donors (Lipinski definition) is 2. The van der Waals surface area contributed by atoms with E-state index in [1.54, 1.807) is 19.0 Å². The molecule has 6 heteroatoms. The number of aromatic nitrogens is 2. The van der Waals surface area contributed by atoms with Crippen molar-refractivity contribution in [2.24, 2.45) is 0 Å². The van der Waals surface area contributed by atoms with Crippen molar-refractivity contribution in [2.45, 2.75) is 39.5 Å². The van der Waals surface area contributed by atoms with E-state index in [9.17, 15) is 4.79 Å². The molecule has 0 atom stereocenters. The normalized spacial score (nSPS) is 10.3. The molecule has 0 aliphatic carbocycles. The van der Waals surface area contributed by atoms with Gasteiger partial charge in [-0.2, -0.15) is 0 Å². The minimum Gasteiger partial charge on any atom is -0.370 e. The van der Waals surface area contributed by atoms with Crippen molar-refractivity contribution in [3.8, 4) is 0 Å². The van der Waals surface area contributed by atoms with Crippen molar-refractivity contribution in [1.29, 1.82) is 0 Å². The molecular formula is C15H27N5O. The van der Waals surface area contributed by atoms with Gasteiger partial charge in [0.2, 0.25) is 5.91 Å². The van der Waals surface area contributed by atoms with E-state index in [0.717, 1.165) is 43.3 Å². The molecule has 0 aliphatic heterocycles. The van der Waals surface area contributed by atoms with Gasteiger partial charge < -0.3 is 15.5 Å². The molecule has 0 aliphatic rings. The molecule has 1 rings (SSSR count). The molecule has 0 saturated heterocycles. The fraction of sp³-hybridized carbons (Fsp3) is 0.667. The number of hydrogen-bond acceptors (Lipinski definition) is 5. The number of nitrogens with one attached hydrogen (secondary N) is 2. The quantitative estimate of drug-likeness (QED) is 0.730. The Kier molecular flexibility index (Phi) is 7.50. The lowest BCUT2D eigenvalue weighted by molar-refractivity contribution is -0.128. The number of carbonyl (C=O) groups is 1. The van der Waals surface area contributed by atoms with Crippen LogP contribution in [0.15, 0.2) is 6.07 Å². The van der Waals surface area contributed by atoms with E-state index < -0.39 is 0 Å². The first-order valence-corrected chi connectivity index (χ1v) is 7.62. The lowest BCUT2D eigenvalue weighted by Gasteiger charge is -2.12. The number of carbonyl (C=O) groups excluding carboxylic acids is 1. The second kappa shape index (κ2) is 9.15. The van der Waals surface area contributed by atoms with Crippen LogP contribution >= 0.6 is 0 Å². The van der Waals surface area contributed by atoms with Crippen LogP contribution in [-0.2, 0) is 11.2 Å². The second-order valence-electron chi connectivity index (χ2n) is 5.20. The SMILES string of the molecule is CCCNc1cc(NCCC(=O)N(C)C)nc(CCC)n1. The largest absolute Gasteiger partial charge is 0.370 e. The van der Waals surface area contributed by atoms with E-state index in [1.807, 2.05) is 6.07 Å². The molecule has 0 bridgehead atoms.